The molecule has 2 rings (SSSR count). The highest BCUT2D eigenvalue weighted by molar-refractivity contribution is 7.30. The molecule has 13 heavy (non-hydrogen) atoms. The first-order valence-corrected chi connectivity index (χ1v) is 5.61. The maximum absolute atomic E-state index is 3.25. The lowest BCUT2D eigenvalue weighted by molar-refractivity contribution is 1.21. The molecule has 0 bridgehead atoms. The number of hydrogen-bond acceptors (Lipinski definition) is 0. The van der Waals surface area contributed by atoms with Gasteiger partial charge in [0, 0.05) is 6.42 Å². The first-order valence-electron chi connectivity index (χ1n) is 4.53. The molecule has 0 saturated heterocycles. The molecule has 1 aromatic rings. The summed E-state index contributed by atoms with van der Waals surface area (Å²) < 4.78 is 0. The van der Waals surface area contributed by atoms with Crippen LogP contribution in [-0.2, 0) is 6.42 Å². The molecule has 0 saturated carbocycles. The van der Waals surface area contributed by atoms with Gasteiger partial charge in [-0.05, 0) is 47.7 Å². The molecule has 0 spiro atoms. The maximum atomic E-state index is 3.25. The van der Waals surface area contributed by atoms with Crippen LogP contribution in [0.3, 0.4) is 0 Å². The third-order valence-corrected chi connectivity index (χ3v) is 4.01. The van der Waals surface area contributed by atoms with E-state index in [9.17, 15) is 0 Å². The normalized spacial score (nSPS) is 14.5. The van der Waals surface area contributed by atoms with Gasteiger partial charge in [-0.25, -0.2) is 0 Å². The highest BCUT2D eigenvalue weighted by atomic mass is 31.0. The third kappa shape index (κ3) is 1.70. The second-order valence-electron chi connectivity index (χ2n) is 3.45. The number of allylic oxidation sites excluding steroid dienone is 3. The van der Waals surface area contributed by atoms with Crippen LogP contribution < -0.4 is 0 Å². The van der Waals surface area contributed by atoms with Crippen LogP contribution in [0.25, 0.3) is 0 Å². The van der Waals surface area contributed by atoms with Crippen LogP contribution >= 0.6 is 8.19 Å². The van der Waals surface area contributed by atoms with Crippen molar-refractivity contribution in [3.63, 3.8) is 0 Å². The summed E-state index contributed by atoms with van der Waals surface area (Å²) in [5.41, 5.74) is 7.52. The quantitative estimate of drug-likeness (QED) is 0.623. The third-order valence-electron chi connectivity index (χ3n) is 2.54. The molecule has 1 aliphatic rings. The minimum atomic E-state index is 0.896. The Kier molecular flexibility index (Phi) is 2.27. The second kappa shape index (κ2) is 3.42. The van der Waals surface area contributed by atoms with E-state index in [0.717, 1.165) is 14.6 Å². The summed E-state index contributed by atoms with van der Waals surface area (Å²) in [5.74, 6) is 2.34. The maximum Gasteiger partial charge on any atom is 0.00857 e. The molecule has 1 aliphatic carbocycles. The smallest absolute Gasteiger partial charge is 0.00857 e. The van der Waals surface area contributed by atoms with E-state index in [-0.39, 0.29) is 0 Å². The summed E-state index contributed by atoms with van der Waals surface area (Å²) in [6.07, 6.45) is 7.29. The van der Waals surface area contributed by atoms with E-state index in [1.807, 2.05) is 6.08 Å². The van der Waals surface area contributed by atoms with Crippen molar-refractivity contribution in [3.8, 4) is 0 Å². The van der Waals surface area contributed by atoms with Gasteiger partial charge in [-0.15, -0.1) is 13.9 Å². The highest BCUT2D eigenvalue weighted by Crippen LogP contribution is 2.28. The summed E-state index contributed by atoms with van der Waals surface area (Å²) in [6.45, 7) is 4.42. The van der Waals surface area contributed by atoms with Crippen LogP contribution in [0.1, 0.15) is 16.4 Å². The molecular weight excluding hydrogens is 175 g/mol. The Morgan fingerprint density at radius 3 is 2.77 bits per heavy atom. The molecular formula is C12H13P. The molecule has 66 valence electrons. The molecule has 0 radical (unpaired) electrons. The fourth-order valence-corrected chi connectivity index (χ4v) is 2.81. The predicted molar refractivity (Wildman–Crippen MR) is 59.9 cm³/mol. The molecule has 1 unspecified atom stereocenters. The van der Waals surface area contributed by atoms with Crippen LogP contribution in [0, 0.1) is 13.8 Å². The first kappa shape index (κ1) is 8.63. The average molecular weight is 188 g/mol. The van der Waals surface area contributed by atoms with E-state index in [1.54, 1.807) is 5.30 Å². The van der Waals surface area contributed by atoms with Gasteiger partial charge >= 0.3 is 0 Å². The van der Waals surface area contributed by atoms with Crippen molar-refractivity contribution in [2.75, 3.05) is 0 Å². The van der Waals surface area contributed by atoms with Crippen molar-refractivity contribution < 1.29 is 0 Å². The number of hydrogen-bond donors (Lipinski definition) is 0. The summed E-state index contributed by atoms with van der Waals surface area (Å²) in [4.78, 5) is 0. The molecule has 0 nitrogen and oxygen atoms in total. The molecule has 1 atom stereocenters. The van der Waals surface area contributed by atoms with Gasteiger partial charge in [0.2, 0.25) is 0 Å². The van der Waals surface area contributed by atoms with Crippen LogP contribution in [0.2, 0.25) is 0 Å². The Hall–Kier alpha value is -0.960. The SMILES string of the molecule is Cc1c[pH]c(CC2=C=CC=C2)c1C. The van der Waals surface area contributed by atoms with Gasteiger partial charge in [-0.3, -0.25) is 0 Å². The lowest BCUT2D eigenvalue weighted by Gasteiger charge is -1.98. The van der Waals surface area contributed by atoms with Crippen LogP contribution in [0.15, 0.2) is 35.3 Å². The van der Waals surface area contributed by atoms with E-state index in [1.165, 1.54) is 16.7 Å². The monoisotopic (exact) mass is 188 g/mol. The fourth-order valence-electron chi connectivity index (χ4n) is 1.50. The Bertz CT molecular complexity index is 412. The summed E-state index contributed by atoms with van der Waals surface area (Å²) in [5, 5.41) is 1.58. The summed E-state index contributed by atoms with van der Waals surface area (Å²) in [7, 11) is 0.896. The Labute approximate surface area is 80.8 Å². The van der Waals surface area contributed by atoms with Gasteiger partial charge in [-0.2, -0.15) is 0 Å². The van der Waals surface area contributed by atoms with Crippen molar-refractivity contribution >= 4 is 8.19 Å². The minimum absolute atomic E-state index is 0.896. The highest BCUT2D eigenvalue weighted by Gasteiger charge is 2.04. The molecule has 0 aliphatic heterocycles. The van der Waals surface area contributed by atoms with Gasteiger partial charge in [-0.1, -0.05) is 12.2 Å². The van der Waals surface area contributed by atoms with Crippen LogP contribution in [0.4, 0.5) is 0 Å². The van der Waals surface area contributed by atoms with Crippen molar-refractivity contribution in [3.05, 3.63) is 51.8 Å². The second-order valence-corrected chi connectivity index (χ2v) is 4.63. The van der Waals surface area contributed by atoms with E-state index in [4.69, 9.17) is 0 Å². The zero-order valence-electron chi connectivity index (χ0n) is 8.02. The molecule has 1 aromatic heterocycles. The van der Waals surface area contributed by atoms with Crippen molar-refractivity contribution in [1.29, 1.82) is 0 Å². The van der Waals surface area contributed by atoms with Crippen LogP contribution in [0.5, 0.6) is 0 Å². The summed E-state index contributed by atoms with van der Waals surface area (Å²) >= 11 is 0. The Morgan fingerprint density at radius 2 is 2.23 bits per heavy atom. The van der Waals surface area contributed by atoms with Gasteiger partial charge in [0.1, 0.15) is 0 Å². The summed E-state index contributed by atoms with van der Waals surface area (Å²) in [6, 6.07) is 0. The molecule has 1 heterocycles. The van der Waals surface area contributed by atoms with E-state index in [0.29, 0.717) is 0 Å². The number of rotatable bonds is 2. The van der Waals surface area contributed by atoms with Gasteiger partial charge in [0.05, 0.1) is 0 Å². The van der Waals surface area contributed by atoms with E-state index < -0.39 is 0 Å². The van der Waals surface area contributed by atoms with E-state index >= 15 is 0 Å². The van der Waals surface area contributed by atoms with Crippen LogP contribution in [-0.4, -0.2) is 0 Å². The minimum Gasteiger partial charge on any atom is -0.136 e. The average Bonchev–Trinajstić information content (AvgIpc) is 2.71. The van der Waals surface area contributed by atoms with Crippen molar-refractivity contribution in [1.82, 2.24) is 0 Å². The first-order chi connectivity index (χ1) is 6.27. The lowest BCUT2D eigenvalue weighted by atomic mass is 10.1. The predicted octanol–water partition coefficient (Wildman–Crippen LogP) is 3.53. The molecule has 0 N–H and O–H groups in total. The molecule has 0 amide bonds. The van der Waals surface area contributed by atoms with Crippen molar-refractivity contribution in [2.45, 2.75) is 20.3 Å². The lowest BCUT2D eigenvalue weighted by Crippen LogP contribution is -1.84. The van der Waals surface area contributed by atoms with E-state index in [2.05, 4.69) is 37.5 Å². The van der Waals surface area contributed by atoms with Gasteiger partial charge in [0.25, 0.3) is 0 Å². The molecule has 1 heteroatoms. The Morgan fingerprint density at radius 1 is 1.38 bits per heavy atom. The van der Waals surface area contributed by atoms with Crippen molar-refractivity contribution in [2.24, 2.45) is 0 Å². The molecule has 0 fully saturated rings. The largest absolute Gasteiger partial charge is 0.136 e. The van der Waals surface area contributed by atoms with Gasteiger partial charge < -0.3 is 0 Å². The zero-order valence-corrected chi connectivity index (χ0v) is 9.02. The zero-order chi connectivity index (χ0) is 9.26. The fraction of sp³-hybridized carbons (Fsp3) is 0.250. The number of aryl methyl sites for hydroxylation is 1. The Balaban J connectivity index is 2.23. The standard InChI is InChI=1S/C12H13P/c1-9-8-13-12(10(9)2)7-11-5-3-4-6-11/h3-5,8,13H,7H2,1-2H3. The molecule has 0 aromatic carbocycles. The van der Waals surface area contributed by atoms with Gasteiger partial charge in [0.15, 0.2) is 0 Å². The topological polar surface area (TPSA) is 0 Å².